The van der Waals surface area contributed by atoms with Gasteiger partial charge in [-0.2, -0.15) is 5.10 Å². The topological polar surface area (TPSA) is 96.3 Å². The van der Waals surface area contributed by atoms with Crippen molar-refractivity contribution in [3.63, 3.8) is 0 Å². The van der Waals surface area contributed by atoms with Crippen LogP contribution in [0.3, 0.4) is 0 Å². The lowest BCUT2D eigenvalue weighted by Gasteiger charge is -2.36. The standard InChI is InChI=1S/C16H19N7O2/c24-15-3-2-12(20-15)16(25)22-8-6-21(7-9-22)13-10-14(18-11-17-13)23-5-1-4-19-23/h1,4-5,10-12H,2-3,6-9H2,(H,20,24)/t12-/m0/s1. The minimum atomic E-state index is -0.357. The van der Waals surface area contributed by atoms with Gasteiger partial charge in [0, 0.05) is 51.1 Å². The van der Waals surface area contributed by atoms with E-state index in [0.29, 0.717) is 44.8 Å². The van der Waals surface area contributed by atoms with Crippen LogP contribution < -0.4 is 10.2 Å². The number of hydrogen-bond acceptors (Lipinski definition) is 6. The Morgan fingerprint density at radius 1 is 1.16 bits per heavy atom. The molecule has 1 N–H and O–H groups in total. The van der Waals surface area contributed by atoms with Gasteiger partial charge in [-0.3, -0.25) is 9.59 Å². The number of nitrogens with zero attached hydrogens (tertiary/aromatic N) is 6. The molecule has 0 aliphatic carbocycles. The first-order valence-corrected chi connectivity index (χ1v) is 8.36. The van der Waals surface area contributed by atoms with Crippen LogP contribution in [0.5, 0.6) is 0 Å². The zero-order valence-electron chi connectivity index (χ0n) is 13.7. The van der Waals surface area contributed by atoms with Gasteiger partial charge in [-0.25, -0.2) is 14.6 Å². The van der Waals surface area contributed by atoms with Gasteiger partial charge in [0.15, 0.2) is 5.82 Å². The maximum Gasteiger partial charge on any atom is 0.245 e. The molecule has 130 valence electrons. The Hall–Kier alpha value is -2.97. The van der Waals surface area contributed by atoms with Crippen molar-refractivity contribution in [3.05, 3.63) is 30.9 Å². The maximum absolute atomic E-state index is 12.5. The fourth-order valence-electron chi connectivity index (χ4n) is 3.22. The molecule has 2 aliphatic heterocycles. The first-order valence-electron chi connectivity index (χ1n) is 8.36. The number of anilines is 1. The minimum absolute atomic E-state index is 0.0189. The van der Waals surface area contributed by atoms with Crippen molar-refractivity contribution in [2.24, 2.45) is 0 Å². The molecule has 2 aliphatic rings. The van der Waals surface area contributed by atoms with E-state index >= 15 is 0 Å². The molecule has 9 heteroatoms. The van der Waals surface area contributed by atoms with Gasteiger partial charge < -0.3 is 15.1 Å². The highest BCUT2D eigenvalue weighted by atomic mass is 16.2. The van der Waals surface area contributed by atoms with Crippen molar-refractivity contribution in [1.29, 1.82) is 0 Å². The smallest absolute Gasteiger partial charge is 0.245 e. The van der Waals surface area contributed by atoms with Gasteiger partial charge in [-0.15, -0.1) is 0 Å². The second-order valence-corrected chi connectivity index (χ2v) is 6.16. The molecule has 0 aromatic carbocycles. The summed E-state index contributed by atoms with van der Waals surface area (Å²) in [5.74, 6) is 1.51. The van der Waals surface area contributed by atoms with E-state index in [9.17, 15) is 9.59 Å². The van der Waals surface area contributed by atoms with Gasteiger partial charge in [0.1, 0.15) is 18.2 Å². The van der Waals surface area contributed by atoms with Crippen molar-refractivity contribution in [2.45, 2.75) is 18.9 Å². The molecule has 0 radical (unpaired) electrons. The summed E-state index contributed by atoms with van der Waals surface area (Å²) < 4.78 is 1.69. The zero-order valence-corrected chi connectivity index (χ0v) is 13.7. The predicted octanol–water partition coefficient (Wildman–Crippen LogP) is -0.410. The first-order chi connectivity index (χ1) is 12.2. The molecular weight excluding hydrogens is 322 g/mol. The fraction of sp³-hybridized carbons (Fsp3) is 0.438. The summed E-state index contributed by atoms with van der Waals surface area (Å²) in [5.41, 5.74) is 0. The number of nitrogens with one attached hydrogen (secondary N) is 1. The molecule has 25 heavy (non-hydrogen) atoms. The third kappa shape index (κ3) is 3.17. The van der Waals surface area contributed by atoms with Crippen LogP contribution in [0.25, 0.3) is 5.82 Å². The number of carbonyl (C=O) groups excluding carboxylic acids is 2. The minimum Gasteiger partial charge on any atom is -0.353 e. The third-order valence-corrected chi connectivity index (χ3v) is 4.59. The molecule has 2 aromatic heterocycles. The molecule has 2 amide bonds. The molecule has 4 heterocycles. The number of aromatic nitrogens is 4. The maximum atomic E-state index is 12.5. The van der Waals surface area contributed by atoms with Crippen LogP contribution in [0.15, 0.2) is 30.9 Å². The van der Waals surface area contributed by atoms with Crippen LogP contribution in [0.4, 0.5) is 5.82 Å². The van der Waals surface area contributed by atoms with Crippen LogP contribution in [0.2, 0.25) is 0 Å². The molecule has 4 rings (SSSR count). The van der Waals surface area contributed by atoms with E-state index in [1.807, 2.05) is 23.2 Å². The van der Waals surface area contributed by atoms with E-state index in [1.165, 1.54) is 6.33 Å². The SMILES string of the molecule is O=C1CC[C@@H](C(=O)N2CCN(c3cc(-n4cccn4)ncn3)CC2)N1. The second-order valence-electron chi connectivity index (χ2n) is 6.16. The molecular formula is C16H19N7O2. The predicted molar refractivity (Wildman–Crippen MR) is 89.1 cm³/mol. The molecule has 0 saturated carbocycles. The van der Waals surface area contributed by atoms with Crippen LogP contribution in [0, 0.1) is 0 Å². The van der Waals surface area contributed by atoms with Gasteiger partial charge in [-0.1, -0.05) is 0 Å². The summed E-state index contributed by atoms with van der Waals surface area (Å²) in [4.78, 5) is 36.3. The quantitative estimate of drug-likeness (QED) is 0.815. The number of piperazine rings is 1. The molecule has 2 fully saturated rings. The summed E-state index contributed by atoms with van der Waals surface area (Å²) in [6.07, 6.45) is 6.09. The lowest BCUT2D eigenvalue weighted by atomic mass is 10.2. The fourth-order valence-corrected chi connectivity index (χ4v) is 3.22. The molecule has 0 unspecified atom stereocenters. The van der Waals surface area contributed by atoms with Gasteiger partial charge in [0.25, 0.3) is 0 Å². The van der Waals surface area contributed by atoms with Gasteiger partial charge in [0.05, 0.1) is 0 Å². The van der Waals surface area contributed by atoms with Crippen LogP contribution in [-0.4, -0.2) is 68.7 Å². The number of carbonyl (C=O) groups is 2. The van der Waals surface area contributed by atoms with E-state index < -0.39 is 0 Å². The molecule has 0 spiro atoms. The van der Waals surface area contributed by atoms with Crippen molar-refractivity contribution in [1.82, 2.24) is 30.0 Å². The van der Waals surface area contributed by atoms with Crippen LogP contribution in [0.1, 0.15) is 12.8 Å². The highest BCUT2D eigenvalue weighted by Crippen LogP contribution is 2.17. The Labute approximate surface area is 144 Å². The molecule has 1 atom stereocenters. The number of hydrogen-bond donors (Lipinski definition) is 1. The summed E-state index contributed by atoms with van der Waals surface area (Å²) in [6, 6.07) is 3.37. The van der Waals surface area contributed by atoms with Crippen LogP contribution >= 0.6 is 0 Å². The van der Waals surface area contributed by atoms with E-state index in [2.05, 4.69) is 25.3 Å². The molecule has 9 nitrogen and oxygen atoms in total. The molecule has 2 aromatic rings. The lowest BCUT2D eigenvalue weighted by Crippen LogP contribution is -2.53. The first kappa shape index (κ1) is 15.6. The third-order valence-electron chi connectivity index (χ3n) is 4.59. The van der Waals surface area contributed by atoms with Crippen LogP contribution in [-0.2, 0) is 9.59 Å². The Morgan fingerprint density at radius 2 is 1.96 bits per heavy atom. The lowest BCUT2D eigenvalue weighted by molar-refractivity contribution is -0.134. The molecule has 2 saturated heterocycles. The van der Waals surface area contributed by atoms with Crippen molar-refractivity contribution in [2.75, 3.05) is 31.1 Å². The summed E-state index contributed by atoms with van der Waals surface area (Å²) in [6.45, 7) is 2.63. The number of rotatable bonds is 3. The average molecular weight is 341 g/mol. The van der Waals surface area contributed by atoms with Gasteiger partial charge in [-0.05, 0) is 12.5 Å². The number of amides is 2. The highest BCUT2D eigenvalue weighted by Gasteiger charge is 2.32. The largest absolute Gasteiger partial charge is 0.353 e. The highest BCUT2D eigenvalue weighted by molar-refractivity contribution is 5.90. The second kappa shape index (κ2) is 6.50. The van der Waals surface area contributed by atoms with Crippen molar-refractivity contribution in [3.8, 4) is 5.82 Å². The monoisotopic (exact) mass is 341 g/mol. The Morgan fingerprint density at radius 3 is 2.64 bits per heavy atom. The van der Waals surface area contributed by atoms with E-state index in [4.69, 9.17) is 0 Å². The Balaban J connectivity index is 1.40. The van der Waals surface area contributed by atoms with E-state index in [0.717, 1.165) is 5.82 Å². The molecule has 0 bridgehead atoms. The Kier molecular flexibility index (Phi) is 4.04. The van der Waals surface area contributed by atoms with Gasteiger partial charge >= 0.3 is 0 Å². The summed E-state index contributed by atoms with van der Waals surface area (Å²) in [7, 11) is 0. The Bertz CT molecular complexity index is 769. The summed E-state index contributed by atoms with van der Waals surface area (Å²) in [5, 5.41) is 6.92. The zero-order chi connectivity index (χ0) is 17.2. The van der Waals surface area contributed by atoms with E-state index in [-0.39, 0.29) is 17.9 Å². The van der Waals surface area contributed by atoms with Crippen molar-refractivity contribution >= 4 is 17.6 Å². The summed E-state index contributed by atoms with van der Waals surface area (Å²) >= 11 is 0. The average Bonchev–Trinajstić information content (AvgIpc) is 3.33. The van der Waals surface area contributed by atoms with Gasteiger partial charge in [0.2, 0.25) is 11.8 Å². The van der Waals surface area contributed by atoms with E-state index in [1.54, 1.807) is 10.9 Å². The normalized spacial score (nSPS) is 20.6. The van der Waals surface area contributed by atoms with Crippen molar-refractivity contribution < 1.29 is 9.59 Å².